The Morgan fingerprint density at radius 1 is 1.35 bits per heavy atom. The van der Waals surface area contributed by atoms with Crippen LogP contribution in [0.2, 0.25) is 0 Å². The number of carbonyl (C=O) groups is 2. The van der Waals surface area contributed by atoms with Gasteiger partial charge < -0.3 is 20.3 Å². The van der Waals surface area contributed by atoms with Crippen LogP contribution >= 0.6 is 0 Å². The van der Waals surface area contributed by atoms with Gasteiger partial charge >= 0.3 is 6.61 Å². The number of nitrogens with one attached hydrogen (secondary N) is 2. The van der Waals surface area contributed by atoms with Gasteiger partial charge in [0, 0.05) is 25.7 Å². The molecule has 6 nitrogen and oxygen atoms in total. The molecule has 0 aromatic heterocycles. The van der Waals surface area contributed by atoms with E-state index in [1.54, 1.807) is 6.07 Å². The lowest BCUT2D eigenvalue weighted by atomic mass is 9.96. The Morgan fingerprint density at radius 3 is 2.77 bits per heavy atom. The Labute approximate surface area is 151 Å². The first-order valence-electron chi connectivity index (χ1n) is 8.70. The number of hydrogen-bond acceptors (Lipinski definition) is 4. The lowest BCUT2D eigenvalue weighted by Gasteiger charge is -2.32. The van der Waals surface area contributed by atoms with Crippen molar-refractivity contribution in [1.82, 2.24) is 15.5 Å². The second-order valence-corrected chi connectivity index (χ2v) is 6.40. The van der Waals surface area contributed by atoms with Gasteiger partial charge in [0.25, 0.3) is 5.91 Å². The molecule has 1 aromatic rings. The molecule has 2 atom stereocenters. The van der Waals surface area contributed by atoms with E-state index in [0.717, 1.165) is 0 Å². The second-order valence-electron chi connectivity index (χ2n) is 6.40. The number of hydrogen-bond donors (Lipinski definition) is 2. The molecule has 144 valence electrons. The van der Waals surface area contributed by atoms with Gasteiger partial charge in [-0.25, -0.2) is 0 Å². The van der Waals surface area contributed by atoms with Crippen molar-refractivity contribution in [3.63, 3.8) is 0 Å². The second kappa shape index (κ2) is 9.47. The summed E-state index contributed by atoms with van der Waals surface area (Å²) in [6, 6.07) is 6.08. The van der Waals surface area contributed by atoms with Gasteiger partial charge in [0.1, 0.15) is 5.75 Å². The van der Waals surface area contributed by atoms with Gasteiger partial charge in [-0.15, -0.1) is 0 Å². The van der Waals surface area contributed by atoms with E-state index >= 15 is 0 Å². The molecule has 1 fully saturated rings. The fourth-order valence-corrected chi connectivity index (χ4v) is 2.89. The predicted molar refractivity (Wildman–Crippen MR) is 93.2 cm³/mol. The van der Waals surface area contributed by atoms with Gasteiger partial charge in [-0.2, -0.15) is 8.78 Å². The minimum Gasteiger partial charge on any atom is -0.434 e. The van der Waals surface area contributed by atoms with Gasteiger partial charge in [-0.1, -0.05) is 12.1 Å². The van der Waals surface area contributed by atoms with Crippen LogP contribution in [0.3, 0.4) is 0 Å². The highest BCUT2D eigenvalue weighted by molar-refractivity contribution is 5.97. The molecule has 1 aliphatic heterocycles. The highest BCUT2D eigenvalue weighted by Crippen LogP contribution is 2.25. The van der Waals surface area contributed by atoms with Crippen LogP contribution in [-0.4, -0.2) is 56.0 Å². The topological polar surface area (TPSA) is 70.7 Å². The maximum Gasteiger partial charge on any atom is 0.387 e. The van der Waals surface area contributed by atoms with Gasteiger partial charge in [0.2, 0.25) is 5.91 Å². The van der Waals surface area contributed by atoms with Crippen molar-refractivity contribution in [3.05, 3.63) is 29.8 Å². The minimum atomic E-state index is -3.00. The Hall–Kier alpha value is -2.22. The summed E-state index contributed by atoms with van der Waals surface area (Å²) in [5.74, 6) is -0.953. The van der Waals surface area contributed by atoms with Crippen molar-refractivity contribution in [2.24, 2.45) is 5.92 Å². The van der Waals surface area contributed by atoms with E-state index in [-0.39, 0.29) is 35.7 Å². The molecule has 1 saturated heterocycles. The number of likely N-dealkylation sites (N-methyl/N-ethyl adjacent to an activating group) is 1. The summed E-state index contributed by atoms with van der Waals surface area (Å²) < 4.78 is 29.5. The molecule has 0 spiro atoms. The van der Waals surface area contributed by atoms with Gasteiger partial charge in [-0.05, 0) is 38.9 Å². The van der Waals surface area contributed by atoms with Crippen molar-refractivity contribution < 1.29 is 23.1 Å². The van der Waals surface area contributed by atoms with E-state index in [1.807, 2.05) is 14.0 Å². The Balaban J connectivity index is 2.03. The van der Waals surface area contributed by atoms with Crippen molar-refractivity contribution in [3.8, 4) is 5.75 Å². The van der Waals surface area contributed by atoms with Gasteiger partial charge in [0.15, 0.2) is 0 Å². The molecule has 1 heterocycles. The Bertz CT molecular complexity index is 627. The van der Waals surface area contributed by atoms with Gasteiger partial charge in [0.05, 0.1) is 11.5 Å². The van der Waals surface area contributed by atoms with E-state index in [4.69, 9.17) is 0 Å². The highest BCUT2D eigenvalue weighted by atomic mass is 19.3. The summed E-state index contributed by atoms with van der Waals surface area (Å²) in [7, 11) is 1.82. The number of carbonyl (C=O) groups excluding carboxylic acids is 2. The number of piperidine rings is 1. The lowest BCUT2D eigenvalue weighted by molar-refractivity contribution is -0.126. The number of nitrogens with zero attached hydrogens (tertiary/aromatic N) is 1. The number of likely N-dealkylation sites (tertiary alicyclic amines) is 1. The van der Waals surface area contributed by atoms with Gasteiger partial charge in [-0.3, -0.25) is 9.59 Å². The van der Waals surface area contributed by atoms with Crippen LogP contribution in [0.25, 0.3) is 0 Å². The van der Waals surface area contributed by atoms with Crippen LogP contribution in [0.1, 0.15) is 30.1 Å². The normalized spacial score (nSPS) is 18.5. The van der Waals surface area contributed by atoms with E-state index in [2.05, 4.69) is 15.4 Å². The first-order chi connectivity index (χ1) is 12.4. The molecule has 2 N–H and O–H groups in total. The number of alkyl halides is 2. The third kappa shape index (κ3) is 5.39. The van der Waals surface area contributed by atoms with Crippen molar-refractivity contribution in [2.45, 2.75) is 32.4 Å². The molecule has 8 heteroatoms. The minimum absolute atomic E-state index is 0.0812. The fraction of sp³-hybridized carbons (Fsp3) is 0.556. The highest BCUT2D eigenvalue weighted by Gasteiger charge is 2.30. The number of amides is 2. The zero-order valence-corrected chi connectivity index (χ0v) is 15.0. The molecule has 2 amide bonds. The fourth-order valence-electron chi connectivity index (χ4n) is 2.89. The molecule has 2 unspecified atom stereocenters. The van der Waals surface area contributed by atoms with E-state index in [1.165, 1.54) is 23.1 Å². The maximum absolute atomic E-state index is 12.7. The average molecular weight is 369 g/mol. The first kappa shape index (κ1) is 20.1. The SMILES string of the molecule is CNC(C)CNC(=O)C1CCCN(C(=O)c2ccccc2OC(F)F)C1. The molecule has 26 heavy (non-hydrogen) atoms. The number of para-hydroxylation sites is 1. The smallest absolute Gasteiger partial charge is 0.387 e. The van der Waals surface area contributed by atoms with E-state index in [9.17, 15) is 18.4 Å². The molecule has 0 aliphatic carbocycles. The number of halogens is 2. The standard InChI is InChI=1S/C18H25F2N3O3/c1-12(21-2)10-22-16(24)13-6-5-9-23(11-13)17(25)14-7-3-4-8-15(14)26-18(19)20/h3-4,7-8,12-13,18,21H,5-6,9-11H2,1-2H3,(H,22,24). The monoisotopic (exact) mass is 369 g/mol. The summed E-state index contributed by atoms with van der Waals surface area (Å²) in [5.41, 5.74) is 0.0812. The summed E-state index contributed by atoms with van der Waals surface area (Å²) in [5, 5.41) is 5.92. The van der Waals surface area contributed by atoms with Crippen LogP contribution in [-0.2, 0) is 4.79 Å². The van der Waals surface area contributed by atoms with Crippen molar-refractivity contribution in [2.75, 3.05) is 26.7 Å². The molecular formula is C18H25F2N3O3. The van der Waals surface area contributed by atoms with Crippen molar-refractivity contribution >= 4 is 11.8 Å². The largest absolute Gasteiger partial charge is 0.434 e. The molecule has 0 bridgehead atoms. The summed E-state index contributed by atoms with van der Waals surface area (Å²) >= 11 is 0. The molecule has 0 radical (unpaired) electrons. The Morgan fingerprint density at radius 2 is 2.08 bits per heavy atom. The third-order valence-electron chi connectivity index (χ3n) is 4.49. The zero-order valence-electron chi connectivity index (χ0n) is 15.0. The maximum atomic E-state index is 12.7. The average Bonchev–Trinajstić information content (AvgIpc) is 2.65. The van der Waals surface area contributed by atoms with Crippen LogP contribution < -0.4 is 15.4 Å². The molecule has 1 aromatic carbocycles. The summed E-state index contributed by atoms with van der Waals surface area (Å²) in [6.45, 7) is 0.208. The van der Waals surface area contributed by atoms with Crippen LogP contribution in [0.5, 0.6) is 5.75 Å². The summed E-state index contributed by atoms with van der Waals surface area (Å²) in [4.78, 5) is 26.6. The van der Waals surface area contributed by atoms with Crippen LogP contribution in [0.4, 0.5) is 8.78 Å². The molecular weight excluding hydrogens is 344 g/mol. The van der Waals surface area contributed by atoms with E-state index in [0.29, 0.717) is 25.9 Å². The Kier molecular flexibility index (Phi) is 7.32. The summed E-state index contributed by atoms with van der Waals surface area (Å²) in [6.07, 6.45) is 1.38. The van der Waals surface area contributed by atoms with Crippen LogP contribution in [0, 0.1) is 5.92 Å². The van der Waals surface area contributed by atoms with Crippen LogP contribution in [0.15, 0.2) is 24.3 Å². The van der Waals surface area contributed by atoms with E-state index < -0.39 is 12.5 Å². The molecule has 1 aliphatic rings. The first-order valence-corrected chi connectivity index (χ1v) is 8.70. The number of ether oxygens (including phenoxy) is 1. The lowest BCUT2D eigenvalue weighted by Crippen LogP contribution is -2.47. The quantitative estimate of drug-likeness (QED) is 0.770. The number of benzene rings is 1. The molecule has 0 saturated carbocycles. The number of rotatable bonds is 7. The predicted octanol–water partition coefficient (Wildman–Crippen LogP) is 1.86. The zero-order chi connectivity index (χ0) is 19.1. The van der Waals surface area contributed by atoms with Crippen molar-refractivity contribution in [1.29, 1.82) is 0 Å². The molecule has 2 rings (SSSR count). The third-order valence-corrected chi connectivity index (χ3v) is 4.49.